The Morgan fingerprint density at radius 2 is 2.44 bits per heavy atom. The Kier molecular flexibility index (Phi) is 0.604. The first kappa shape index (κ1) is 4.66. The van der Waals surface area contributed by atoms with Gasteiger partial charge in [0.05, 0.1) is 24.9 Å². The van der Waals surface area contributed by atoms with Crippen LogP contribution in [0.25, 0.3) is 0 Å². The number of rotatable bonds is 0. The van der Waals surface area contributed by atoms with Crippen LogP contribution in [-0.4, -0.2) is 31.5 Å². The Balaban J connectivity index is 1.90. The molecule has 0 aromatic rings. The number of hydrogen-bond acceptors (Lipinski definition) is 3. The zero-order valence-corrected chi connectivity index (χ0v) is 5.18. The van der Waals surface area contributed by atoms with Crippen molar-refractivity contribution in [1.29, 1.82) is 0 Å². The SMILES string of the molecule is C1NC23NC2COCC13. The first-order valence-electron chi connectivity index (χ1n) is 3.52. The standard InChI is InChI=1S/C6H10N2O/c1-4-2-9-3-5-6(4,7-1)8-5/h4-5,7-8H,1-3H2. The fourth-order valence-corrected chi connectivity index (χ4v) is 1.98. The molecule has 0 aromatic carbocycles. The van der Waals surface area contributed by atoms with E-state index in [2.05, 4.69) is 10.6 Å². The van der Waals surface area contributed by atoms with Crippen molar-refractivity contribution < 1.29 is 4.74 Å². The lowest BCUT2D eigenvalue weighted by molar-refractivity contribution is 0.00421. The van der Waals surface area contributed by atoms with Crippen molar-refractivity contribution in [2.45, 2.75) is 11.7 Å². The Morgan fingerprint density at radius 1 is 1.44 bits per heavy atom. The summed E-state index contributed by atoms with van der Waals surface area (Å²) >= 11 is 0. The summed E-state index contributed by atoms with van der Waals surface area (Å²) in [7, 11) is 0. The van der Waals surface area contributed by atoms with Crippen molar-refractivity contribution in [2.75, 3.05) is 19.8 Å². The van der Waals surface area contributed by atoms with Gasteiger partial charge >= 0.3 is 0 Å². The summed E-state index contributed by atoms with van der Waals surface area (Å²) in [6, 6.07) is 0.630. The van der Waals surface area contributed by atoms with E-state index in [-0.39, 0.29) is 0 Å². The molecule has 2 N–H and O–H groups in total. The van der Waals surface area contributed by atoms with Gasteiger partial charge in [0.15, 0.2) is 0 Å². The highest BCUT2D eigenvalue weighted by molar-refractivity contribution is 5.23. The van der Waals surface area contributed by atoms with Crippen LogP contribution >= 0.6 is 0 Å². The molecular formula is C6H10N2O. The van der Waals surface area contributed by atoms with Gasteiger partial charge in [0.2, 0.25) is 0 Å². The molecule has 3 nitrogen and oxygen atoms in total. The van der Waals surface area contributed by atoms with Crippen LogP contribution in [-0.2, 0) is 4.74 Å². The molecule has 0 bridgehead atoms. The highest BCUT2D eigenvalue weighted by atomic mass is 16.5. The second kappa shape index (κ2) is 1.17. The Bertz CT molecular complexity index is 161. The summed E-state index contributed by atoms with van der Waals surface area (Å²) in [5, 5.41) is 6.81. The van der Waals surface area contributed by atoms with Gasteiger partial charge in [-0.15, -0.1) is 0 Å². The molecule has 0 radical (unpaired) electrons. The van der Waals surface area contributed by atoms with Crippen LogP contribution in [0.3, 0.4) is 0 Å². The molecule has 3 saturated heterocycles. The third kappa shape index (κ3) is 0.377. The van der Waals surface area contributed by atoms with Crippen LogP contribution in [0.4, 0.5) is 0 Å². The second-order valence-corrected chi connectivity index (χ2v) is 3.18. The van der Waals surface area contributed by atoms with Gasteiger partial charge in [-0.2, -0.15) is 0 Å². The van der Waals surface area contributed by atoms with Crippen molar-refractivity contribution in [3.05, 3.63) is 0 Å². The number of ether oxygens (including phenoxy) is 1. The zero-order chi connectivity index (χ0) is 5.90. The first-order chi connectivity index (χ1) is 4.42. The van der Waals surface area contributed by atoms with E-state index in [0.717, 1.165) is 25.7 Å². The maximum atomic E-state index is 5.35. The van der Waals surface area contributed by atoms with Crippen LogP contribution in [0.2, 0.25) is 0 Å². The van der Waals surface area contributed by atoms with Gasteiger partial charge in [-0.3, -0.25) is 10.6 Å². The van der Waals surface area contributed by atoms with Gasteiger partial charge < -0.3 is 4.74 Å². The normalized spacial score (nSPS) is 61.3. The molecule has 3 aliphatic heterocycles. The summed E-state index contributed by atoms with van der Waals surface area (Å²) in [4.78, 5) is 0. The molecule has 3 heterocycles. The number of hydrogen-bond donors (Lipinski definition) is 2. The van der Waals surface area contributed by atoms with Crippen molar-refractivity contribution in [3.8, 4) is 0 Å². The summed E-state index contributed by atoms with van der Waals surface area (Å²) < 4.78 is 5.35. The van der Waals surface area contributed by atoms with Gasteiger partial charge in [0, 0.05) is 12.5 Å². The molecule has 3 fully saturated rings. The minimum Gasteiger partial charge on any atom is -0.379 e. The minimum absolute atomic E-state index is 0.359. The van der Waals surface area contributed by atoms with Crippen molar-refractivity contribution >= 4 is 0 Å². The van der Waals surface area contributed by atoms with Gasteiger partial charge in [-0.1, -0.05) is 0 Å². The van der Waals surface area contributed by atoms with E-state index < -0.39 is 0 Å². The fraction of sp³-hybridized carbons (Fsp3) is 1.00. The van der Waals surface area contributed by atoms with Crippen molar-refractivity contribution in [3.63, 3.8) is 0 Å². The molecule has 9 heavy (non-hydrogen) atoms. The first-order valence-corrected chi connectivity index (χ1v) is 3.52. The zero-order valence-electron chi connectivity index (χ0n) is 5.18. The highest BCUT2D eigenvalue weighted by Gasteiger charge is 2.65. The maximum absolute atomic E-state index is 5.35. The van der Waals surface area contributed by atoms with E-state index in [4.69, 9.17) is 4.74 Å². The van der Waals surface area contributed by atoms with Gasteiger partial charge in [0.1, 0.15) is 0 Å². The van der Waals surface area contributed by atoms with E-state index >= 15 is 0 Å². The molecular weight excluding hydrogens is 116 g/mol. The topological polar surface area (TPSA) is 43.2 Å². The quantitative estimate of drug-likeness (QED) is 0.405. The average Bonchev–Trinajstić information content (AvgIpc) is 2.52. The molecule has 50 valence electrons. The lowest BCUT2D eigenvalue weighted by atomic mass is 9.88. The fourth-order valence-electron chi connectivity index (χ4n) is 1.98. The molecule has 3 unspecified atom stereocenters. The molecule has 0 amide bonds. The predicted molar refractivity (Wildman–Crippen MR) is 32.0 cm³/mol. The smallest absolute Gasteiger partial charge is 0.0935 e. The molecule has 3 atom stereocenters. The summed E-state index contributed by atoms with van der Waals surface area (Å²) in [5.74, 6) is 0.760. The van der Waals surface area contributed by atoms with E-state index in [9.17, 15) is 0 Å². The second-order valence-electron chi connectivity index (χ2n) is 3.18. The van der Waals surface area contributed by atoms with E-state index in [0.29, 0.717) is 11.7 Å². The monoisotopic (exact) mass is 126 g/mol. The van der Waals surface area contributed by atoms with Gasteiger partial charge in [-0.25, -0.2) is 0 Å². The summed E-state index contributed by atoms with van der Waals surface area (Å²) in [5.41, 5.74) is 0.359. The molecule has 3 rings (SSSR count). The molecule has 3 aliphatic rings. The summed E-state index contributed by atoms with van der Waals surface area (Å²) in [6.45, 7) is 3.00. The lowest BCUT2D eigenvalue weighted by Crippen LogP contribution is -2.63. The van der Waals surface area contributed by atoms with Gasteiger partial charge in [0.25, 0.3) is 0 Å². The average molecular weight is 126 g/mol. The molecule has 0 saturated carbocycles. The van der Waals surface area contributed by atoms with Crippen LogP contribution in [0.15, 0.2) is 0 Å². The Labute approximate surface area is 53.8 Å². The van der Waals surface area contributed by atoms with Gasteiger partial charge in [-0.05, 0) is 0 Å². The van der Waals surface area contributed by atoms with E-state index in [1.165, 1.54) is 0 Å². The van der Waals surface area contributed by atoms with E-state index in [1.807, 2.05) is 0 Å². The minimum atomic E-state index is 0.359. The van der Waals surface area contributed by atoms with Crippen LogP contribution in [0.5, 0.6) is 0 Å². The van der Waals surface area contributed by atoms with Crippen LogP contribution in [0, 0.1) is 5.92 Å². The van der Waals surface area contributed by atoms with Crippen molar-refractivity contribution in [1.82, 2.24) is 10.6 Å². The highest BCUT2D eigenvalue weighted by Crippen LogP contribution is 2.41. The molecule has 3 heteroatoms. The Morgan fingerprint density at radius 3 is 3.00 bits per heavy atom. The molecule has 0 aliphatic carbocycles. The summed E-state index contributed by atoms with van der Waals surface area (Å²) in [6.07, 6.45) is 0. The Hall–Kier alpha value is -0.120. The van der Waals surface area contributed by atoms with Crippen LogP contribution in [0.1, 0.15) is 0 Å². The third-order valence-corrected chi connectivity index (χ3v) is 2.77. The molecule has 1 spiro atoms. The van der Waals surface area contributed by atoms with Crippen molar-refractivity contribution in [2.24, 2.45) is 5.92 Å². The third-order valence-electron chi connectivity index (χ3n) is 2.77. The largest absolute Gasteiger partial charge is 0.379 e. The lowest BCUT2D eigenvalue weighted by Gasteiger charge is -2.40. The maximum Gasteiger partial charge on any atom is 0.0935 e. The van der Waals surface area contributed by atoms with Crippen LogP contribution < -0.4 is 10.6 Å². The predicted octanol–water partition coefficient (Wildman–Crippen LogP) is -1.10. The van der Waals surface area contributed by atoms with E-state index in [1.54, 1.807) is 0 Å². The molecule has 0 aromatic heterocycles. The number of nitrogens with one attached hydrogen (secondary N) is 2.